The SMILES string of the molecule is COc1cc(O)c(C(=O)N2Cc3ccc(C(O)CN(C)C)cc3C2)cc1C(C)C. The van der Waals surface area contributed by atoms with Crippen molar-refractivity contribution in [3.05, 3.63) is 58.1 Å². The maximum absolute atomic E-state index is 13.1. The Hall–Kier alpha value is -2.57. The fraction of sp³-hybridized carbons (Fsp3) is 0.435. The van der Waals surface area contributed by atoms with Crippen molar-refractivity contribution in [1.29, 1.82) is 0 Å². The molecule has 0 aliphatic carbocycles. The smallest absolute Gasteiger partial charge is 0.258 e. The van der Waals surface area contributed by atoms with Gasteiger partial charge in [0.05, 0.1) is 18.8 Å². The van der Waals surface area contributed by atoms with Crippen molar-refractivity contribution in [2.24, 2.45) is 0 Å². The number of amides is 1. The number of benzene rings is 2. The van der Waals surface area contributed by atoms with Crippen LogP contribution in [0.15, 0.2) is 30.3 Å². The van der Waals surface area contributed by atoms with E-state index in [1.54, 1.807) is 18.1 Å². The van der Waals surface area contributed by atoms with E-state index in [0.29, 0.717) is 25.4 Å². The number of nitrogens with zero attached hydrogens (tertiary/aromatic N) is 2. The first-order chi connectivity index (χ1) is 13.7. The number of fused-ring (bicyclic) bond motifs is 1. The van der Waals surface area contributed by atoms with Gasteiger partial charge in [-0.25, -0.2) is 0 Å². The molecule has 0 fully saturated rings. The zero-order valence-corrected chi connectivity index (χ0v) is 17.8. The van der Waals surface area contributed by atoms with Gasteiger partial charge in [-0.15, -0.1) is 0 Å². The number of phenolic OH excluding ortho intramolecular Hbond substituents is 1. The van der Waals surface area contributed by atoms with Gasteiger partial charge < -0.3 is 24.7 Å². The first-order valence-corrected chi connectivity index (χ1v) is 9.86. The van der Waals surface area contributed by atoms with E-state index in [-0.39, 0.29) is 23.1 Å². The molecule has 0 saturated heterocycles. The van der Waals surface area contributed by atoms with E-state index < -0.39 is 6.10 Å². The molecule has 2 aromatic carbocycles. The number of methoxy groups -OCH3 is 1. The number of likely N-dealkylation sites (N-methyl/N-ethyl adjacent to an activating group) is 1. The molecular weight excluding hydrogens is 368 g/mol. The van der Waals surface area contributed by atoms with Crippen LogP contribution < -0.4 is 4.74 Å². The van der Waals surface area contributed by atoms with Gasteiger partial charge in [-0.2, -0.15) is 0 Å². The Bertz CT molecular complexity index is 908. The highest BCUT2D eigenvalue weighted by Gasteiger charge is 2.28. The quantitative estimate of drug-likeness (QED) is 0.781. The van der Waals surface area contributed by atoms with Crippen LogP contribution in [0.2, 0.25) is 0 Å². The van der Waals surface area contributed by atoms with E-state index in [4.69, 9.17) is 4.74 Å². The van der Waals surface area contributed by atoms with Crippen LogP contribution in [0.25, 0.3) is 0 Å². The van der Waals surface area contributed by atoms with Crippen LogP contribution in [0.1, 0.15) is 58.5 Å². The predicted molar refractivity (Wildman–Crippen MR) is 112 cm³/mol. The summed E-state index contributed by atoms with van der Waals surface area (Å²) in [5.41, 5.74) is 4.12. The molecule has 1 amide bonds. The van der Waals surface area contributed by atoms with Crippen LogP contribution in [0.5, 0.6) is 11.5 Å². The second-order valence-electron chi connectivity index (χ2n) is 8.23. The van der Waals surface area contributed by atoms with E-state index in [2.05, 4.69) is 0 Å². The zero-order valence-electron chi connectivity index (χ0n) is 17.8. The summed E-state index contributed by atoms with van der Waals surface area (Å²) in [6.45, 7) is 5.53. The number of aliphatic hydroxyl groups is 1. The molecule has 0 radical (unpaired) electrons. The number of hydrogen-bond acceptors (Lipinski definition) is 5. The molecule has 1 aliphatic heterocycles. The highest BCUT2D eigenvalue weighted by Crippen LogP contribution is 2.35. The summed E-state index contributed by atoms with van der Waals surface area (Å²) in [4.78, 5) is 16.8. The average Bonchev–Trinajstić information content (AvgIpc) is 3.09. The number of carbonyl (C=O) groups excluding carboxylic acids is 1. The molecule has 3 rings (SSSR count). The molecule has 0 spiro atoms. The second kappa shape index (κ2) is 8.43. The molecule has 2 aromatic rings. The Morgan fingerprint density at radius 3 is 2.48 bits per heavy atom. The lowest BCUT2D eigenvalue weighted by Gasteiger charge is -2.19. The van der Waals surface area contributed by atoms with E-state index in [0.717, 1.165) is 22.3 Å². The van der Waals surface area contributed by atoms with Gasteiger partial charge in [0.2, 0.25) is 0 Å². The number of phenols is 1. The third kappa shape index (κ3) is 4.38. The summed E-state index contributed by atoms with van der Waals surface area (Å²) in [5, 5.41) is 20.8. The molecule has 0 bridgehead atoms. The Labute approximate surface area is 172 Å². The maximum atomic E-state index is 13.1. The van der Waals surface area contributed by atoms with Gasteiger partial charge in [-0.1, -0.05) is 32.0 Å². The lowest BCUT2D eigenvalue weighted by molar-refractivity contribution is 0.0748. The molecule has 6 heteroatoms. The summed E-state index contributed by atoms with van der Waals surface area (Å²) in [6, 6.07) is 9.12. The fourth-order valence-corrected chi connectivity index (χ4v) is 3.77. The molecule has 1 atom stereocenters. The van der Waals surface area contributed by atoms with Crippen molar-refractivity contribution in [3.8, 4) is 11.5 Å². The third-order valence-corrected chi connectivity index (χ3v) is 5.36. The number of carbonyl (C=O) groups is 1. The molecular formula is C23H30N2O4. The van der Waals surface area contributed by atoms with Gasteiger partial charge in [0.25, 0.3) is 5.91 Å². The number of aromatic hydroxyl groups is 1. The molecule has 1 heterocycles. The van der Waals surface area contributed by atoms with Crippen LogP contribution in [0.3, 0.4) is 0 Å². The van der Waals surface area contributed by atoms with Gasteiger partial charge in [-0.05, 0) is 48.3 Å². The molecule has 0 saturated carbocycles. The summed E-state index contributed by atoms with van der Waals surface area (Å²) >= 11 is 0. The predicted octanol–water partition coefficient (Wildman–Crippen LogP) is 3.28. The van der Waals surface area contributed by atoms with Gasteiger partial charge in [0.15, 0.2) is 0 Å². The first kappa shape index (κ1) is 21.1. The molecule has 2 N–H and O–H groups in total. The van der Waals surface area contributed by atoms with Crippen molar-refractivity contribution < 1.29 is 19.7 Å². The fourth-order valence-electron chi connectivity index (χ4n) is 3.77. The minimum Gasteiger partial charge on any atom is -0.507 e. The maximum Gasteiger partial charge on any atom is 0.258 e. The standard InChI is InChI=1S/C23H30N2O4/c1-14(2)18-9-19(20(26)10-22(18)29-5)23(28)25-11-16-7-6-15(8-17(16)12-25)21(27)13-24(3)4/h6-10,14,21,26-27H,11-13H2,1-5H3. The van der Waals surface area contributed by atoms with Crippen LogP contribution in [-0.4, -0.2) is 53.7 Å². The minimum absolute atomic E-state index is 0.0747. The topological polar surface area (TPSA) is 73.2 Å². The van der Waals surface area contributed by atoms with E-state index in [1.165, 1.54) is 6.07 Å². The highest BCUT2D eigenvalue weighted by molar-refractivity contribution is 5.97. The number of ether oxygens (including phenoxy) is 1. The Balaban J connectivity index is 1.83. The second-order valence-corrected chi connectivity index (χ2v) is 8.23. The number of hydrogen-bond donors (Lipinski definition) is 2. The normalized spacial score (nSPS) is 14.4. The van der Waals surface area contributed by atoms with E-state index >= 15 is 0 Å². The summed E-state index contributed by atoms with van der Waals surface area (Å²) in [5.74, 6) is 0.458. The summed E-state index contributed by atoms with van der Waals surface area (Å²) < 4.78 is 5.35. The molecule has 1 aliphatic rings. The van der Waals surface area contributed by atoms with Gasteiger partial charge in [0.1, 0.15) is 11.5 Å². The largest absolute Gasteiger partial charge is 0.507 e. The van der Waals surface area contributed by atoms with E-state index in [9.17, 15) is 15.0 Å². The molecule has 6 nitrogen and oxygen atoms in total. The number of aliphatic hydroxyl groups excluding tert-OH is 1. The number of rotatable bonds is 6. The molecule has 0 aromatic heterocycles. The van der Waals surface area contributed by atoms with Crippen LogP contribution in [0.4, 0.5) is 0 Å². The van der Waals surface area contributed by atoms with Crippen molar-refractivity contribution in [2.45, 2.75) is 39.0 Å². The molecule has 156 valence electrons. The van der Waals surface area contributed by atoms with E-state index in [1.807, 2.05) is 51.0 Å². The molecule has 29 heavy (non-hydrogen) atoms. The Morgan fingerprint density at radius 2 is 1.86 bits per heavy atom. The lowest BCUT2D eigenvalue weighted by atomic mass is 9.98. The lowest BCUT2D eigenvalue weighted by Crippen LogP contribution is -2.25. The Morgan fingerprint density at radius 1 is 1.17 bits per heavy atom. The first-order valence-electron chi connectivity index (χ1n) is 9.86. The zero-order chi connectivity index (χ0) is 21.3. The van der Waals surface area contributed by atoms with Gasteiger partial charge >= 0.3 is 0 Å². The Kier molecular flexibility index (Phi) is 6.15. The van der Waals surface area contributed by atoms with Gasteiger partial charge in [-0.3, -0.25) is 4.79 Å². The third-order valence-electron chi connectivity index (χ3n) is 5.36. The average molecular weight is 399 g/mol. The van der Waals surface area contributed by atoms with Crippen molar-refractivity contribution in [2.75, 3.05) is 27.7 Å². The highest BCUT2D eigenvalue weighted by atomic mass is 16.5. The van der Waals surface area contributed by atoms with Crippen molar-refractivity contribution >= 4 is 5.91 Å². The summed E-state index contributed by atoms with van der Waals surface area (Å²) in [6.07, 6.45) is -0.570. The van der Waals surface area contributed by atoms with Crippen LogP contribution in [-0.2, 0) is 13.1 Å². The summed E-state index contributed by atoms with van der Waals surface area (Å²) in [7, 11) is 5.40. The molecule has 1 unspecified atom stereocenters. The monoisotopic (exact) mass is 398 g/mol. The minimum atomic E-state index is -0.570. The van der Waals surface area contributed by atoms with Crippen LogP contribution >= 0.6 is 0 Å². The van der Waals surface area contributed by atoms with Gasteiger partial charge in [0, 0.05) is 25.7 Å². The van der Waals surface area contributed by atoms with Crippen molar-refractivity contribution in [1.82, 2.24) is 9.80 Å². The van der Waals surface area contributed by atoms with Crippen LogP contribution in [0, 0.1) is 0 Å². The van der Waals surface area contributed by atoms with Crippen molar-refractivity contribution in [3.63, 3.8) is 0 Å².